The number of hydrogen-bond acceptors (Lipinski definition) is 4. The SMILES string of the molecule is CC(=O)c1c(O)n(-c2ccccc2)c(=S)[nH]c1=O. The normalized spacial score (nSPS) is 10.3. The number of hydrogen-bond donors (Lipinski definition) is 2. The number of aromatic nitrogens is 2. The lowest BCUT2D eigenvalue weighted by molar-refractivity contribution is 0.101. The molecule has 1 aromatic heterocycles. The van der Waals surface area contributed by atoms with Crippen molar-refractivity contribution in [3.63, 3.8) is 0 Å². The Morgan fingerprint density at radius 2 is 1.94 bits per heavy atom. The summed E-state index contributed by atoms with van der Waals surface area (Å²) < 4.78 is 1.28. The average Bonchev–Trinajstić information content (AvgIpc) is 2.28. The lowest BCUT2D eigenvalue weighted by Crippen LogP contribution is -2.20. The highest BCUT2D eigenvalue weighted by Crippen LogP contribution is 2.19. The van der Waals surface area contributed by atoms with E-state index in [0.29, 0.717) is 5.69 Å². The molecule has 2 rings (SSSR count). The van der Waals surface area contributed by atoms with Gasteiger partial charge in [0.15, 0.2) is 10.6 Å². The third kappa shape index (κ3) is 1.98. The first kappa shape index (κ1) is 12.3. The molecular formula is C12H10N2O3S. The summed E-state index contributed by atoms with van der Waals surface area (Å²) >= 11 is 4.99. The highest BCUT2D eigenvalue weighted by atomic mass is 32.1. The van der Waals surface area contributed by atoms with Crippen molar-refractivity contribution in [2.24, 2.45) is 0 Å². The van der Waals surface area contributed by atoms with E-state index in [0.717, 1.165) is 0 Å². The first-order chi connectivity index (χ1) is 8.52. The van der Waals surface area contributed by atoms with Gasteiger partial charge in [0.25, 0.3) is 5.56 Å². The van der Waals surface area contributed by atoms with Gasteiger partial charge in [0.2, 0.25) is 5.88 Å². The Labute approximate surface area is 107 Å². The van der Waals surface area contributed by atoms with Crippen molar-refractivity contribution in [2.45, 2.75) is 6.92 Å². The van der Waals surface area contributed by atoms with Crippen molar-refractivity contribution in [3.05, 3.63) is 51.0 Å². The Balaban J connectivity index is 2.85. The number of rotatable bonds is 2. The predicted molar refractivity (Wildman–Crippen MR) is 68.9 cm³/mol. The van der Waals surface area contributed by atoms with Gasteiger partial charge in [-0.25, -0.2) is 0 Å². The molecule has 0 fully saturated rings. The minimum atomic E-state index is -0.683. The lowest BCUT2D eigenvalue weighted by atomic mass is 10.2. The molecule has 1 aromatic carbocycles. The van der Waals surface area contributed by atoms with E-state index in [2.05, 4.69) is 4.98 Å². The number of ketones is 1. The molecule has 0 spiro atoms. The van der Waals surface area contributed by atoms with Gasteiger partial charge in [-0.3, -0.25) is 19.1 Å². The molecule has 0 amide bonds. The van der Waals surface area contributed by atoms with Crippen LogP contribution in [0.5, 0.6) is 5.88 Å². The first-order valence-electron chi connectivity index (χ1n) is 5.17. The van der Waals surface area contributed by atoms with Crippen molar-refractivity contribution in [2.75, 3.05) is 0 Å². The number of carbonyl (C=O) groups is 1. The Hall–Kier alpha value is -2.21. The van der Waals surface area contributed by atoms with Gasteiger partial charge in [-0.05, 0) is 31.3 Å². The molecule has 6 heteroatoms. The van der Waals surface area contributed by atoms with Gasteiger partial charge in [0, 0.05) is 0 Å². The van der Waals surface area contributed by atoms with Gasteiger partial charge in [0.05, 0.1) is 5.69 Å². The monoisotopic (exact) mass is 262 g/mol. The van der Waals surface area contributed by atoms with Crippen LogP contribution in [-0.4, -0.2) is 20.4 Å². The zero-order valence-electron chi connectivity index (χ0n) is 9.51. The third-order valence-corrected chi connectivity index (χ3v) is 2.74. The van der Waals surface area contributed by atoms with Crippen LogP contribution in [0, 0.1) is 4.77 Å². The number of nitrogens with one attached hydrogen (secondary N) is 1. The zero-order chi connectivity index (χ0) is 13.3. The minimum absolute atomic E-state index is 0.0358. The van der Waals surface area contributed by atoms with Crippen molar-refractivity contribution >= 4 is 18.0 Å². The van der Waals surface area contributed by atoms with Crippen LogP contribution < -0.4 is 5.56 Å². The summed E-state index contributed by atoms with van der Waals surface area (Å²) in [5, 5.41) is 10.0. The maximum Gasteiger partial charge on any atom is 0.266 e. The molecule has 0 aliphatic heterocycles. The van der Waals surface area contributed by atoms with E-state index in [9.17, 15) is 14.7 Å². The molecule has 0 saturated carbocycles. The van der Waals surface area contributed by atoms with E-state index < -0.39 is 17.2 Å². The smallest absolute Gasteiger partial charge is 0.266 e. The maximum atomic E-state index is 11.6. The van der Waals surface area contributed by atoms with Gasteiger partial charge in [0.1, 0.15) is 5.56 Å². The number of para-hydroxylation sites is 1. The molecule has 0 aliphatic rings. The van der Waals surface area contributed by atoms with Crippen LogP contribution >= 0.6 is 12.2 Å². The number of nitrogens with zero attached hydrogens (tertiary/aromatic N) is 1. The molecule has 0 aliphatic carbocycles. The van der Waals surface area contributed by atoms with Gasteiger partial charge < -0.3 is 5.11 Å². The van der Waals surface area contributed by atoms with Gasteiger partial charge in [-0.2, -0.15) is 0 Å². The quantitative estimate of drug-likeness (QED) is 0.639. The van der Waals surface area contributed by atoms with Crippen LogP contribution in [0.2, 0.25) is 0 Å². The number of aromatic hydroxyl groups is 1. The fraction of sp³-hybridized carbons (Fsp3) is 0.0833. The summed E-state index contributed by atoms with van der Waals surface area (Å²) in [4.78, 5) is 25.3. The van der Waals surface area contributed by atoms with E-state index in [4.69, 9.17) is 12.2 Å². The molecule has 1 heterocycles. The second-order valence-corrected chi connectivity index (χ2v) is 4.07. The Morgan fingerprint density at radius 1 is 1.33 bits per heavy atom. The molecular weight excluding hydrogens is 252 g/mol. The molecule has 0 unspecified atom stereocenters. The molecule has 0 atom stereocenters. The second kappa shape index (κ2) is 4.58. The van der Waals surface area contributed by atoms with Gasteiger partial charge >= 0.3 is 0 Å². The first-order valence-corrected chi connectivity index (χ1v) is 5.58. The molecule has 0 saturated heterocycles. The summed E-state index contributed by atoms with van der Waals surface area (Å²) in [6.45, 7) is 1.21. The summed E-state index contributed by atoms with van der Waals surface area (Å²) in [6.07, 6.45) is 0. The zero-order valence-corrected chi connectivity index (χ0v) is 10.3. The van der Waals surface area contributed by atoms with Crippen molar-refractivity contribution in [1.29, 1.82) is 0 Å². The summed E-state index contributed by atoms with van der Waals surface area (Å²) in [5.74, 6) is -0.962. The summed E-state index contributed by atoms with van der Waals surface area (Å²) in [6, 6.07) is 8.74. The molecule has 2 N–H and O–H groups in total. The molecule has 18 heavy (non-hydrogen) atoms. The van der Waals surface area contributed by atoms with Crippen LogP contribution in [0.1, 0.15) is 17.3 Å². The fourth-order valence-corrected chi connectivity index (χ4v) is 1.94. The fourth-order valence-electron chi connectivity index (χ4n) is 1.66. The summed E-state index contributed by atoms with van der Waals surface area (Å²) in [5.41, 5.74) is -0.414. The second-order valence-electron chi connectivity index (χ2n) is 3.69. The molecule has 0 bridgehead atoms. The number of carbonyl (C=O) groups excluding carboxylic acids is 1. The number of Topliss-reactive ketones (excluding diaryl/α,β-unsaturated/α-hetero) is 1. The predicted octanol–water partition coefficient (Wildman–Crippen LogP) is 1.80. The molecule has 2 aromatic rings. The van der Waals surface area contributed by atoms with Crippen LogP contribution in [0.3, 0.4) is 0 Å². The number of benzene rings is 1. The highest BCUT2D eigenvalue weighted by molar-refractivity contribution is 7.71. The van der Waals surface area contributed by atoms with E-state index in [-0.39, 0.29) is 10.3 Å². The van der Waals surface area contributed by atoms with Crippen molar-refractivity contribution in [3.8, 4) is 11.6 Å². The van der Waals surface area contributed by atoms with Crippen LogP contribution in [0.4, 0.5) is 0 Å². The van der Waals surface area contributed by atoms with Crippen molar-refractivity contribution < 1.29 is 9.90 Å². The number of aromatic amines is 1. The van der Waals surface area contributed by atoms with Crippen LogP contribution in [-0.2, 0) is 0 Å². The largest absolute Gasteiger partial charge is 0.493 e. The Bertz CT molecular complexity index is 716. The minimum Gasteiger partial charge on any atom is -0.493 e. The van der Waals surface area contributed by atoms with E-state index in [1.165, 1.54) is 11.5 Å². The Kier molecular flexibility index (Phi) is 3.12. The topological polar surface area (TPSA) is 75.1 Å². The van der Waals surface area contributed by atoms with E-state index in [1.54, 1.807) is 24.3 Å². The molecule has 92 valence electrons. The van der Waals surface area contributed by atoms with Gasteiger partial charge in [-0.15, -0.1) is 0 Å². The van der Waals surface area contributed by atoms with E-state index in [1.807, 2.05) is 6.07 Å². The molecule has 5 nitrogen and oxygen atoms in total. The highest BCUT2D eigenvalue weighted by Gasteiger charge is 2.17. The van der Waals surface area contributed by atoms with Gasteiger partial charge in [-0.1, -0.05) is 18.2 Å². The van der Waals surface area contributed by atoms with E-state index >= 15 is 0 Å². The average molecular weight is 262 g/mol. The Morgan fingerprint density at radius 3 is 2.50 bits per heavy atom. The molecule has 0 radical (unpaired) electrons. The van der Waals surface area contributed by atoms with Crippen LogP contribution in [0.25, 0.3) is 5.69 Å². The standard InChI is InChI=1S/C12H10N2O3S/c1-7(15)9-10(16)13-12(18)14(11(9)17)8-5-3-2-4-6-8/h2-6,17H,1H3,(H,13,16,18). The third-order valence-electron chi connectivity index (χ3n) is 2.45. The lowest BCUT2D eigenvalue weighted by Gasteiger charge is -2.11. The number of H-pyrrole nitrogens is 1. The maximum absolute atomic E-state index is 11.6. The van der Waals surface area contributed by atoms with Crippen molar-refractivity contribution in [1.82, 2.24) is 9.55 Å². The summed E-state index contributed by atoms with van der Waals surface area (Å²) in [7, 11) is 0. The van der Waals surface area contributed by atoms with Crippen LogP contribution in [0.15, 0.2) is 35.1 Å².